The molecule has 1 saturated heterocycles. The zero-order chi connectivity index (χ0) is 21.4. The van der Waals surface area contributed by atoms with E-state index in [4.69, 9.17) is 4.74 Å². The van der Waals surface area contributed by atoms with E-state index >= 15 is 0 Å². The van der Waals surface area contributed by atoms with Gasteiger partial charge in [-0.1, -0.05) is 6.08 Å². The van der Waals surface area contributed by atoms with Crippen LogP contribution in [0.2, 0.25) is 0 Å². The van der Waals surface area contributed by atoms with E-state index in [-0.39, 0.29) is 23.5 Å². The van der Waals surface area contributed by atoms with Crippen molar-refractivity contribution in [3.05, 3.63) is 54.2 Å². The second kappa shape index (κ2) is 7.92. The molecule has 1 aliphatic heterocycles. The van der Waals surface area contributed by atoms with Gasteiger partial charge in [-0.25, -0.2) is 4.98 Å². The molecule has 0 radical (unpaired) electrons. The van der Waals surface area contributed by atoms with Gasteiger partial charge in [0.25, 0.3) is 0 Å². The molecular formula is C23H25N5O2S. The van der Waals surface area contributed by atoms with Gasteiger partial charge in [0.2, 0.25) is 5.91 Å². The van der Waals surface area contributed by atoms with Gasteiger partial charge in [-0.05, 0) is 56.0 Å². The second-order valence-corrected chi connectivity index (χ2v) is 9.57. The van der Waals surface area contributed by atoms with E-state index in [0.717, 1.165) is 54.1 Å². The van der Waals surface area contributed by atoms with E-state index in [0.29, 0.717) is 0 Å². The molecule has 0 unspecified atom stereocenters. The number of allylic oxidation sites excluding steroid dienone is 1. The molecule has 1 saturated carbocycles. The predicted molar refractivity (Wildman–Crippen MR) is 121 cm³/mol. The van der Waals surface area contributed by atoms with Gasteiger partial charge in [0.05, 0.1) is 15.7 Å². The molecule has 7 nitrogen and oxygen atoms in total. The normalized spacial score (nSPS) is 21.8. The largest absolute Gasteiger partial charge is 0.488 e. The summed E-state index contributed by atoms with van der Waals surface area (Å²) in [5, 5.41) is 11.3. The van der Waals surface area contributed by atoms with Crippen LogP contribution in [-0.4, -0.2) is 45.8 Å². The Morgan fingerprint density at radius 1 is 1.42 bits per heavy atom. The minimum atomic E-state index is -0.230. The maximum atomic E-state index is 12.8. The van der Waals surface area contributed by atoms with Crippen LogP contribution < -0.4 is 15.0 Å². The minimum Gasteiger partial charge on any atom is -0.488 e. The summed E-state index contributed by atoms with van der Waals surface area (Å²) in [6, 6.07) is 8.00. The van der Waals surface area contributed by atoms with Crippen LogP contribution in [0.3, 0.4) is 0 Å². The van der Waals surface area contributed by atoms with Gasteiger partial charge in [0.15, 0.2) is 5.82 Å². The smallest absolute Gasteiger partial charge is 0.223 e. The van der Waals surface area contributed by atoms with Crippen LogP contribution in [0.15, 0.2) is 48.6 Å². The molecule has 2 aliphatic rings. The average Bonchev–Trinajstić information content (AvgIpc) is 3.18. The van der Waals surface area contributed by atoms with Crippen LogP contribution in [0.5, 0.6) is 5.75 Å². The van der Waals surface area contributed by atoms with Gasteiger partial charge in [-0.15, -0.1) is 23.0 Å². The Bertz CT molecular complexity index is 1100. The molecule has 2 aromatic heterocycles. The van der Waals surface area contributed by atoms with Crippen LogP contribution in [-0.2, 0) is 11.2 Å². The van der Waals surface area contributed by atoms with Gasteiger partial charge < -0.3 is 15.0 Å². The molecule has 160 valence electrons. The van der Waals surface area contributed by atoms with Crippen molar-refractivity contribution < 1.29 is 9.53 Å². The van der Waals surface area contributed by atoms with E-state index in [1.54, 1.807) is 17.5 Å². The Labute approximate surface area is 185 Å². The lowest BCUT2D eigenvalue weighted by Crippen LogP contribution is -2.70. The summed E-state index contributed by atoms with van der Waals surface area (Å²) in [5.74, 6) is 1.76. The summed E-state index contributed by atoms with van der Waals surface area (Å²) >= 11 is 1.61. The van der Waals surface area contributed by atoms with Gasteiger partial charge in [-0.2, -0.15) is 5.10 Å². The third-order valence-corrected chi connectivity index (χ3v) is 6.76. The van der Waals surface area contributed by atoms with Crippen molar-refractivity contribution in [3.8, 4) is 5.75 Å². The first-order valence-corrected chi connectivity index (χ1v) is 11.4. The highest BCUT2D eigenvalue weighted by Crippen LogP contribution is 2.36. The molecular weight excluding hydrogens is 410 g/mol. The van der Waals surface area contributed by atoms with Crippen molar-refractivity contribution in [1.29, 1.82) is 0 Å². The summed E-state index contributed by atoms with van der Waals surface area (Å²) in [6.07, 6.45) is 5.85. The molecule has 1 amide bonds. The Hall–Kier alpha value is -3.00. The van der Waals surface area contributed by atoms with Gasteiger partial charge in [0, 0.05) is 25.2 Å². The Kier molecular flexibility index (Phi) is 5.09. The number of nitrogens with zero attached hydrogens (tertiary/aromatic N) is 4. The second-order valence-electron chi connectivity index (χ2n) is 8.68. The molecule has 0 bridgehead atoms. The van der Waals surface area contributed by atoms with Crippen LogP contribution >= 0.6 is 11.3 Å². The number of carbonyl (C=O) groups excluding carboxylic acids is 1. The Balaban J connectivity index is 1.15. The summed E-state index contributed by atoms with van der Waals surface area (Å²) in [7, 11) is 0. The van der Waals surface area contributed by atoms with Crippen LogP contribution in [0.1, 0.15) is 25.3 Å². The fourth-order valence-electron chi connectivity index (χ4n) is 4.32. The number of ether oxygens (including phenoxy) is 1. The van der Waals surface area contributed by atoms with Crippen molar-refractivity contribution in [2.75, 3.05) is 18.0 Å². The quantitative estimate of drug-likeness (QED) is 0.573. The number of benzene rings is 1. The topological polar surface area (TPSA) is 80.2 Å². The number of hydrogen-bond donors (Lipinski definition) is 1. The highest BCUT2D eigenvalue weighted by molar-refractivity contribution is 7.16. The molecule has 1 N–H and O–H groups in total. The van der Waals surface area contributed by atoms with Crippen molar-refractivity contribution in [3.63, 3.8) is 0 Å². The maximum absolute atomic E-state index is 12.8. The molecule has 0 spiro atoms. The predicted octanol–water partition coefficient (Wildman–Crippen LogP) is 3.37. The summed E-state index contributed by atoms with van der Waals surface area (Å²) in [4.78, 5) is 19.3. The van der Waals surface area contributed by atoms with Gasteiger partial charge in [-0.3, -0.25) is 4.79 Å². The number of nitrogens with one attached hydrogen (secondary N) is 1. The van der Waals surface area contributed by atoms with E-state index in [1.165, 1.54) is 5.56 Å². The number of fused-ring (bicyclic) bond motifs is 1. The summed E-state index contributed by atoms with van der Waals surface area (Å²) in [6.45, 7) is 7.38. The molecule has 1 aliphatic carbocycles. The first-order valence-electron chi connectivity index (χ1n) is 10.5. The first-order chi connectivity index (χ1) is 15.0. The van der Waals surface area contributed by atoms with E-state index in [1.807, 2.05) is 29.8 Å². The van der Waals surface area contributed by atoms with Crippen molar-refractivity contribution >= 4 is 33.3 Å². The third-order valence-electron chi connectivity index (χ3n) is 5.99. The molecule has 3 aromatic rings. The first kappa shape index (κ1) is 19.9. The van der Waals surface area contributed by atoms with E-state index < -0.39 is 0 Å². The number of carbonyl (C=O) groups is 1. The molecule has 0 atom stereocenters. The lowest BCUT2D eigenvalue weighted by atomic mass is 9.80. The number of thiazole rings is 1. The number of amides is 1. The summed E-state index contributed by atoms with van der Waals surface area (Å²) < 4.78 is 7.36. The average molecular weight is 436 g/mol. The zero-order valence-electron chi connectivity index (χ0n) is 17.5. The molecule has 5 rings (SSSR count). The van der Waals surface area contributed by atoms with Crippen molar-refractivity contribution in [2.24, 2.45) is 5.92 Å². The number of aromatic nitrogens is 3. The van der Waals surface area contributed by atoms with Crippen LogP contribution in [0.25, 0.3) is 10.2 Å². The molecule has 8 heteroatoms. The van der Waals surface area contributed by atoms with Gasteiger partial charge >= 0.3 is 0 Å². The number of rotatable bonds is 7. The highest BCUT2D eigenvalue weighted by Gasteiger charge is 2.44. The summed E-state index contributed by atoms with van der Waals surface area (Å²) in [5.41, 5.74) is 3.68. The SMILES string of the molecule is C=CCc1cc(OC2CC(C(=O)NC3(C)CN(c4cccnn4)C3)C2)c2ncsc2c1. The van der Waals surface area contributed by atoms with Gasteiger partial charge in [0.1, 0.15) is 17.4 Å². The van der Waals surface area contributed by atoms with E-state index in [2.05, 4.69) is 45.0 Å². The van der Waals surface area contributed by atoms with Crippen molar-refractivity contribution in [2.45, 2.75) is 37.8 Å². The zero-order valence-corrected chi connectivity index (χ0v) is 18.3. The Morgan fingerprint density at radius 3 is 3.00 bits per heavy atom. The van der Waals surface area contributed by atoms with Crippen molar-refractivity contribution in [1.82, 2.24) is 20.5 Å². The fraction of sp³-hybridized carbons (Fsp3) is 0.391. The standard InChI is InChI=1S/C23H25N5O2S/c1-3-5-15-8-18(21-19(9-15)31-14-24-21)30-17-10-16(11-17)22(29)26-23(2)12-28(13-23)20-6-4-7-25-27-20/h3-4,6-9,14,16-17H,1,5,10-13H2,2H3,(H,26,29). The fourth-order valence-corrected chi connectivity index (χ4v) is 5.07. The maximum Gasteiger partial charge on any atom is 0.223 e. The molecule has 3 heterocycles. The third kappa shape index (κ3) is 3.99. The monoisotopic (exact) mass is 435 g/mol. The lowest BCUT2D eigenvalue weighted by Gasteiger charge is -2.49. The number of hydrogen-bond acceptors (Lipinski definition) is 7. The Morgan fingerprint density at radius 2 is 2.26 bits per heavy atom. The highest BCUT2D eigenvalue weighted by atomic mass is 32.1. The molecule has 31 heavy (non-hydrogen) atoms. The number of anilines is 1. The molecule has 1 aromatic carbocycles. The van der Waals surface area contributed by atoms with E-state index in [9.17, 15) is 4.79 Å². The lowest BCUT2D eigenvalue weighted by molar-refractivity contribution is -0.132. The van der Waals surface area contributed by atoms with Crippen LogP contribution in [0, 0.1) is 5.92 Å². The van der Waals surface area contributed by atoms with Crippen LogP contribution in [0.4, 0.5) is 5.82 Å². The minimum absolute atomic E-state index is 0.00493. The molecule has 2 fully saturated rings.